The summed E-state index contributed by atoms with van der Waals surface area (Å²) < 4.78 is 0. The SMILES string of the molecule is NC(=O)CCC(NP([O-])([O-])=S)C(N)=O. The highest BCUT2D eigenvalue weighted by molar-refractivity contribution is 8.06. The first-order valence-electron chi connectivity index (χ1n) is 3.60. The van der Waals surface area contributed by atoms with Gasteiger partial charge in [0.1, 0.15) is 0 Å². The molecule has 0 aromatic rings. The number of amides is 2. The minimum absolute atomic E-state index is 0.0897. The second-order valence-corrected chi connectivity index (χ2v) is 5.28. The number of primary amides is 2. The fourth-order valence-corrected chi connectivity index (χ4v) is 1.77. The van der Waals surface area contributed by atoms with E-state index in [1.165, 1.54) is 0 Å². The molecule has 0 aromatic carbocycles. The standard InChI is InChI=1S/C5H12N3O4PS/c6-4(9)2-1-3(5(7)10)8-13(11,12)14/h3H,1-2H2,(H2,6,9)(H2,7,10)(H3,8,11,12,14)/p-2. The van der Waals surface area contributed by atoms with Crippen LogP contribution < -0.4 is 26.3 Å². The molecule has 0 aliphatic heterocycles. The number of rotatable bonds is 6. The molecule has 1 atom stereocenters. The maximum Gasteiger partial charge on any atom is 0.234 e. The van der Waals surface area contributed by atoms with Crippen molar-refractivity contribution < 1.29 is 19.4 Å². The maximum atomic E-state index is 10.7. The Bertz CT molecular complexity index is 278. The molecule has 0 heterocycles. The van der Waals surface area contributed by atoms with Gasteiger partial charge in [0.2, 0.25) is 11.8 Å². The van der Waals surface area contributed by atoms with E-state index in [4.69, 9.17) is 11.5 Å². The van der Waals surface area contributed by atoms with Gasteiger partial charge < -0.3 is 26.3 Å². The van der Waals surface area contributed by atoms with Crippen molar-refractivity contribution in [2.75, 3.05) is 0 Å². The Hall–Kier alpha value is -0.530. The Balaban J connectivity index is 4.24. The smallest absolute Gasteiger partial charge is 0.234 e. The zero-order valence-corrected chi connectivity index (χ0v) is 8.85. The molecule has 14 heavy (non-hydrogen) atoms. The van der Waals surface area contributed by atoms with Crippen LogP contribution in [0, 0.1) is 0 Å². The maximum absolute atomic E-state index is 10.7. The Morgan fingerprint density at radius 3 is 2.21 bits per heavy atom. The lowest BCUT2D eigenvalue weighted by molar-refractivity contribution is -0.299. The van der Waals surface area contributed by atoms with Crippen LogP contribution in [-0.2, 0) is 21.4 Å². The summed E-state index contributed by atoms with van der Waals surface area (Å²) in [5.41, 5.74) is 9.68. The third-order valence-corrected chi connectivity index (χ3v) is 2.28. The largest absolute Gasteiger partial charge is 0.821 e. The second-order valence-electron chi connectivity index (χ2n) is 2.59. The quantitative estimate of drug-likeness (QED) is 0.413. The van der Waals surface area contributed by atoms with Gasteiger partial charge in [-0.2, -0.15) is 6.64 Å². The van der Waals surface area contributed by atoms with Crippen LogP contribution in [0.5, 0.6) is 0 Å². The van der Waals surface area contributed by atoms with Crippen LogP contribution in [0.4, 0.5) is 0 Å². The van der Waals surface area contributed by atoms with Gasteiger partial charge >= 0.3 is 0 Å². The number of nitrogens with one attached hydrogen (secondary N) is 1. The fourth-order valence-electron chi connectivity index (χ4n) is 0.748. The normalized spacial score (nSPS) is 13.6. The molecule has 0 bridgehead atoms. The van der Waals surface area contributed by atoms with E-state index in [2.05, 4.69) is 11.8 Å². The zero-order chi connectivity index (χ0) is 11.4. The van der Waals surface area contributed by atoms with Crippen molar-refractivity contribution >= 4 is 30.3 Å². The van der Waals surface area contributed by atoms with E-state index in [9.17, 15) is 19.4 Å². The van der Waals surface area contributed by atoms with Gasteiger partial charge in [-0.05, 0) is 6.42 Å². The molecular formula is C5H10N3O4PS-2. The number of hydrogen-bond donors (Lipinski definition) is 3. The number of carbonyl (C=O) groups is 2. The van der Waals surface area contributed by atoms with E-state index < -0.39 is 24.5 Å². The van der Waals surface area contributed by atoms with Crippen molar-refractivity contribution in [3.8, 4) is 0 Å². The molecule has 82 valence electrons. The first-order chi connectivity index (χ1) is 6.22. The summed E-state index contributed by atoms with van der Waals surface area (Å²) >= 11 is 4.03. The average Bonchev–Trinajstić information content (AvgIpc) is 1.94. The predicted octanol–water partition coefficient (Wildman–Crippen LogP) is -3.36. The van der Waals surface area contributed by atoms with Crippen molar-refractivity contribution in [2.24, 2.45) is 11.5 Å². The third kappa shape index (κ3) is 6.93. The molecule has 9 heteroatoms. The van der Waals surface area contributed by atoms with E-state index in [0.29, 0.717) is 0 Å². The molecule has 1 unspecified atom stereocenters. The Kier molecular flexibility index (Phi) is 5.17. The third-order valence-electron chi connectivity index (χ3n) is 1.34. The van der Waals surface area contributed by atoms with Crippen LogP contribution in [0.2, 0.25) is 0 Å². The number of nitrogens with two attached hydrogens (primary N) is 2. The summed E-state index contributed by atoms with van der Waals surface area (Å²) in [5.74, 6) is -1.55. The monoisotopic (exact) mass is 239 g/mol. The van der Waals surface area contributed by atoms with Crippen LogP contribution >= 0.6 is 6.64 Å². The summed E-state index contributed by atoms with van der Waals surface area (Å²) in [6.45, 7) is -4.21. The lowest BCUT2D eigenvalue weighted by Crippen LogP contribution is -2.44. The van der Waals surface area contributed by atoms with Crippen LogP contribution in [0.25, 0.3) is 0 Å². The molecule has 5 N–H and O–H groups in total. The molecule has 0 radical (unpaired) electrons. The van der Waals surface area contributed by atoms with Gasteiger partial charge in [-0.15, -0.1) is 11.8 Å². The van der Waals surface area contributed by atoms with Gasteiger partial charge in [0.25, 0.3) is 0 Å². The molecule has 0 saturated carbocycles. The van der Waals surface area contributed by atoms with Crippen LogP contribution in [0.15, 0.2) is 0 Å². The van der Waals surface area contributed by atoms with Crippen LogP contribution in [0.1, 0.15) is 12.8 Å². The molecule has 7 nitrogen and oxygen atoms in total. The van der Waals surface area contributed by atoms with Gasteiger partial charge in [0.15, 0.2) is 0 Å². The second kappa shape index (κ2) is 5.38. The Morgan fingerprint density at radius 1 is 1.43 bits per heavy atom. The Morgan fingerprint density at radius 2 is 1.93 bits per heavy atom. The predicted molar refractivity (Wildman–Crippen MR) is 48.8 cm³/mol. The molecular weight excluding hydrogens is 229 g/mol. The van der Waals surface area contributed by atoms with Crippen molar-refractivity contribution in [3.05, 3.63) is 0 Å². The van der Waals surface area contributed by atoms with Crippen molar-refractivity contribution in [1.82, 2.24) is 5.09 Å². The molecule has 0 rings (SSSR count). The first-order valence-corrected chi connectivity index (χ1v) is 6.23. The van der Waals surface area contributed by atoms with Gasteiger partial charge in [-0.3, -0.25) is 9.59 Å². The molecule has 0 fully saturated rings. The van der Waals surface area contributed by atoms with Crippen LogP contribution in [0.3, 0.4) is 0 Å². The highest BCUT2D eigenvalue weighted by Crippen LogP contribution is 2.19. The highest BCUT2D eigenvalue weighted by Gasteiger charge is 2.15. The van der Waals surface area contributed by atoms with Gasteiger partial charge in [-0.1, -0.05) is 0 Å². The van der Waals surface area contributed by atoms with Crippen molar-refractivity contribution in [3.63, 3.8) is 0 Å². The number of hydrogen-bond acceptors (Lipinski definition) is 5. The molecule has 0 spiro atoms. The molecule has 0 aliphatic rings. The summed E-state index contributed by atoms with van der Waals surface area (Å²) in [6, 6.07) is -1.18. The van der Waals surface area contributed by atoms with Crippen LogP contribution in [-0.4, -0.2) is 17.9 Å². The van der Waals surface area contributed by atoms with Gasteiger partial charge in [-0.25, -0.2) is 0 Å². The molecule has 0 saturated heterocycles. The summed E-state index contributed by atoms with van der Waals surface area (Å²) in [6.07, 6.45) is -0.233. The van der Waals surface area contributed by atoms with Crippen molar-refractivity contribution in [1.29, 1.82) is 0 Å². The zero-order valence-electron chi connectivity index (χ0n) is 7.13. The van der Waals surface area contributed by atoms with E-state index in [1.807, 2.05) is 5.09 Å². The lowest BCUT2D eigenvalue weighted by Gasteiger charge is -2.38. The fraction of sp³-hybridized carbons (Fsp3) is 0.600. The lowest BCUT2D eigenvalue weighted by atomic mass is 10.1. The summed E-state index contributed by atoms with van der Waals surface area (Å²) in [7, 11) is 0. The van der Waals surface area contributed by atoms with Crippen molar-refractivity contribution in [2.45, 2.75) is 18.9 Å². The molecule has 0 aliphatic carbocycles. The van der Waals surface area contributed by atoms with E-state index in [-0.39, 0.29) is 12.8 Å². The minimum Gasteiger partial charge on any atom is -0.821 e. The number of carbonyl (C=O) groups excluding carboxylic acids is 2. The van der Waals surface area contributed by atoms with E-state index >= 15 is 0 Å². The average molecular weight is 239 g/mol. The molecule has 2 amide bonds. The minimum atomic E-state index is -4.21. The molecule has 0 aromatic heterocycles. The Labute approximate surface area is 85.7 Å². The first kappa shape index (κ1) is 13.5. The summed E-state index contributed by atoms with van der Waals surface area (Å²) in [5, 5.41) is 1.84. The van der Waals surface area contributed by atoms with Gasteiger partial charge in [0, 0.05) is 6.42 Å². The van der Waals surface area contributed by atoms with E-state index in [0.717, 1.165) is 0 Å². The highest BCUT2D eigenvalue weighted by atomic mass is 32.5. The summed E-state index contributed by atoms with van der Waals surface area (Å²) in [4.78, 5) is 42.2. The topological polar surface area (TPSA) is 144 Å². The van der Waals surface area contributed by atoms with Gasteiger partial charge in [0.05, 0.1) is 6.04 Å². The van der Waals surface area contributed by atoms with E-state index in [1.54, 1.807) is 0 Å².